The van der Waals surface area contributed by atoms with Gasteiger partial charge in [0.2, 0.25) is 0 Å². The van der Waals surface area contributed by atoms with Crippen molar-refractivity contribution >= 4 is 8.58 Å². The van der Waals surface area contributed by atoms with E-state index in [1.807, 2.05) is 5.92 Å². The van der Waals surface area contributed by atoms with Crippen LogP contribution < -0.4 is 0 Å². The third-order valence-electron chi connectivity index (χ3n) is 2.62. The predicted octanol–water partition coefficient (Wildman–Crippen LogP) is 2.44. The van der Waals surface area contributed by atoms with Gasteiger partial charge in [0.25, 0.3) is 0 Å². The highest BCUT2D eigenvalue weighted by molar-refractivity contribution is 7.38. The highest BCUT2D eigenvalue weighted by Crippen LogP contribution is 2.41. The number of hydrogen-bond donors (Lipinski definition) is 0. The Morgan fingerprint density at radius 2 is 2.00 bits per heavy atom. The van der Waals surface area contributed by atoms with Crippen LogP contribution >= 0.6 is 8.58 Å². The number of fused-ring (bicyclic) bond motifs is 4. The summed E-state index contributed by atoms with van der Waals surface area (Å²) in [6.45, 7) is 0. The topological polar surface area (TPSA) is 0 Å². The molecule has 1 heteroatoms. The Labute approximate surface area is 59.2 Å². The van der Waals surface area contributed by atoms with Gasteiger partial charge in [-0.3, -0.25) is 0 Å². The smallest absolute Gasteiger partial charge is 0.0201 e. The lowest BCUT2D eigenvalue weighted by molar-refractivity contribution is 0.426. The van der Waals surface area contributed by atoms with Crippen LogP contribution in [0.5, 0.6) is 0 Å². The van der Waals surface area contributed by atoms with Crippen LogP contribution in [-0.4, -0.2) is 12.3 Å². The van der Waals surface area contributed by atoms with E-state index in [2.05, 4.69) is 0 Å². The molecule has 2 bridgehead atoms. The maximum absolute atomic E-state index is 1.89. The van der Waals surface area contributed by atoms with Crippen molar-refractivity contribution in [2.75, 3.05) is 12.3 Å². The van der Waals surface area contributed by atoms with Crippen molar-refractivity contribution in [1.29, 1.82) is 0 Å². The Kier molecular flexibility index (Phi) is 1.77. The maximum Gasteiger partial charge on any atom is -0.0201 e. The lowest BCUT2D eigenvalue weighted by Crippen LogP contribution is -2.10. The van der Waals surface area contributed by atoms with E-state index in [-0.39, 0.29) is 0 Å². The second kappa shape index (κ2) is 2.58. The van der Waals surface area contributed by atoms with Crippen LogP contribution in [0, 0.1) is 11.8 Å². The number of rotatable bonds is 0. The zero-order valence-corrected chi connectivity index (χ0v) is 6.82. The van der Waals surface area contributed by atoms with Crippen molar-refractivity contribution < 1.29 is 0 Å². The maximum atomic E-state index is 1.89. The van der Waals surface area contributed by atoms with Gasteiger partial charge < -0.3 is 0 Å². The van der Waals surface area contributed by atoms with Gasteiger partial charge in [0.05, 0.1) is 0 Å². The summed E-state index contributed by atoms with van der Waals surface area (Å²) in [5.74, 6) is 3.02. The molecule has 0 aromatic rings. The van der Waals surface area contributed by atoms with Crippen molar-refractivity contribution in [3.8, 4) is 0 Å². The fourth-order valence-electron chi connectivity index (χ4n) is 1.92. The molecule has 1 radical (unpaired) electrons. The SMILES string of the molecule is C1CC2CC[C]1CPC2. The first kappa shape index (κ1) is 6.16. The molecular weight excluding hydrogens is 127 g/mol. The molecule has 1 saturated carbocycles. The van der Waals surface area contributed by atoms with Gasteiger partial charge in [0.15, 0.2) is 0 Å². The Morgan fingerprint density at radius 1 is 1.22 bits per heavy atom. The van der Waals surface area contributed by atoms with Gasteiger partial charge in [-0.25, -0.2) is 0 Å². The zero-order chi connectivity index (χ0) is 6.10. The van der Waals surface area contributed by atoms with E-state index < -0.39 is 0 Å². The second-order valence-electron chi connectivity index (χ2n) is 3.32. The van der Waals surface area contributed by atoms with E-state index in [4.69, 9.17) is 0 Å². The fourth-order valence-corrected chi connectivity index (χ4v) is 3.59. The molecule has 0 spiro atoms. The average molecular weight is 141 g/mol. The lowest BCUT2D eigenvalue weighted by atomic mass is 9.84. The molecule has 0 amide bonds. The summed E-state index contributed by atoms with van der Waals surface area (Å²) in [6.07, 6.45) is 9.08. The molecule has 9 heavy (non-hydrogen) atoms. The van der Waals surface area contributed by atoms with Gasteiger partial charge in [-0.15, -0.1) is 8.58 Å². The highest BCUT2D eigenvalue weighted by atomic mass is 31.1. The summed E-state index contributed by atoms with van der Waals surface area (Å²) in [4.78, 5) is 0. The molecule has 0 aromatic carbocycles. The summed E-state index contributed by atoms with van der Waals surface area (Å²) in [7, 11) is 1.28. The van der Waals surface area contributed by atoms with Crippen molar-refractivity contribution in [2.45, 2.75) is 25.7 Å². The first-order valence-corrected chi connectivity index (χ1v) is 5.41. The van der Waals surface area contributed by atoms with Crippen molar-refractivity contribution in [2.24, 2.45) is 5.92 Å². The fraction of sp³-hybridized carbons (Fsp3) is 0.875. The minimum Gasteiger partial charge on any atom is -0.121 e. The summed E-state index contributed by atoms with van der Waals surface area (Å²) >= 11 is 0. The van der Waals surface area contributed by atoms with E-state index in [1.54, 1.807) is 6.16 Å². The highest BCUT2D eigenvalue weighted by Gasteiger charge is 2.24. The Bertz CT molecular complexity index is 75.2. The molecule has 3 rings (SSSR count). The van der Waals surface area contributed by atoms with Crippen molar-refractivity contribution in [1.82, 2.24) is 0 Å². The molecular formula is C8H14P. The van der Waals surface area contributed by atoms with Crippen LogP contribution in [0.3, 0.4) is 0 Å². The van der Waals surface area contributed by atoms with E-state index in [0.29, 0.717) is 0 Å². The van der Waals surface area contributed by atoms with Gasteiger partial charge in [-0.2, -0.15) is 0 Å². The van der Waals surface area contributed by atoms with E-state index in [0.717, 1.165) is 5.92 Å². The standard InChI is InChI=1S/C8H14P/c1-2-8-4-3-7(1)5-9-6-8/h7,9H,1-6H2. The molecule has 1 aliphatic carbocycles. The predicted molar refractivity (Wildman–Crippen MR) is 43.3 cm³/mol. The quantitative estimate of drug-likeness (QED) is 0.454. The number of hydrogen-bond acceptors (Lipinski definition) is 0. The first-order chi connectivity index (χ1) is 4.45. The van der Waals surface area contributed by atoms with Crippen LogP contribution in [0.2, 0.25) is 0 Å². The first-order valence-electron chi connectivity index (χ1n) is 3.99. The molecule has 2 aliphatic heterocycles. The third-order valence-corrected chi connectivity index (χ3v) is 4.24. The van der Waals surface area contributed by atoms with Gasteiger partial charge in [-0.05, 0) is 49.8 Å². The van der Waals surface area contributed by atoms with Crippen molar-refractivity contribution in [3.05, 3.63) is 5.92 Å². The average Bonchev–Trinajstić information content (AvgIpc) is 2.21. The summed E-state index contributed by atoms with van der Waals surface area (Å²) in [6, 6.07) is 0. The van der Waals surface area contributed by atoms with Crippen LogP contribution in [0.15, 0.2) is 0 Å². The summed E-state index contributed by atoms with van der Waals surface area (Å²) in [5, 5.41) is 0. The molecule has 0 nitrogen and oxygen atoms in total. The second-order valence-corrected chi connectivity index (χ2v) is 4.59. The Balaban J connectivity index is 2.03. The Morgan fingerprint density at radius 3 is 2.78 bits per heavy atom. The minimum atomic E-state index is 1.13. The molecule has 51 valence electrons. The van der Waals surface area contributed by atoms with Gasteiger partial charge in [-0.1, -0.05) is 0 Å². The largest absolute Gasteiger partial charge is 0.121 e. The molecule has 1 atom stereocenters. The minimum absolute atomic E-state index is 1.13. The molecule has 3 aliphatic rings. The van der Waals surface area contributed by atoms with E-state index >= 15 is 0 Å². The van der Waals surface area contributed by atoms with Crippen molar-refractivity contribution in [3.63, 3.8) is 0 Å². The van der Waals surface area contributed by atoms with Gasteiger partial charge >= 0.3 is 0 Å². The molecule has 2 heterocycles. The monoisotopic (exact) mass is 141 g/mol. The van der Waals surface area contributed by atoms with Gasteiger partial charge in [0, 0.05) is 0 Å². The van der Waals surface area contributed by atoms with Crippen LogP contribution in [-0.2, 0) is 0 Å². The lowest BCUT2D eigenvalue weighted by Gasteiger charge is -2.21. The molecule has 0 N–H and O–H groups in total. The third kappa shape index (κ3) is 1.29. The normalized spacial score (nSPS) is 39.3. The van der Waals surface area contributed by atoms with Crippen LogP contribution in [0.25, 0.3) is 0 Å². The van der Waals surface area contributed by atoms with E-state index in [1.165, 1.54) is 40.4 Å². The Hall–Kier alpha value is 0.430. The van der Waals surface area contributed by atoms with Gasteiger partial charge in [0.1, 0.15) is 0 Å². The van der Waals surface area contributed by atoms with Crippen LogP contribution in [0.1, 0.15) is 25.7 Å². The summed E-state index contributed by atoms with van der Waals surface area (Å²) in [5.41, 5.74) is 0. The zero-order valence-electron chi connectivity index (χ0n) is 5.82. The summed E-state index contributed by atoms with van der Waals surface area (Å²) < 4.78 is 0. The molecule has 1 unspecified atom stereocenters. The molecule has 3 fully saturated rings. The molecule has 2 saturated heterocycles. The van der Waals surface area contributed by atoms with Crippen LogP contribution in [0.4, 0.5) is 0 Å². The molecule has 0 aromatic heterocycles. The van der Waals surface area contributed by atoms with E-state index in [9.17, 15) is 0 Å².